The predicted octanol–water partition coefficient (Wildman–Crippen LogP) is 4.58. The van der Waals surface area contributed by atoms with Gasteiger partial charge in [-0.05, 0) is 60.2 Å². The normalized spacial score (nSPS) is 19.4. The quantitative estimate of drug-likeness (QED) is 0.515. The van der Waals surface area contributed by atoms with Crippen molar-refractivity contribution in [1.29, 1.82) is 0 Å². The maximum atomic E-state index is 13.3. The zero-order valence-corrected chi connectivity index (χ0v) is 20.1. The van der Waals surface area contributed by atoms with Crippen molar-refractivity contribution in [3.63, 3.8) is 0 Å². The lowest BCUT2D eigenvalue weighted by molar-refractivity contribution is -0.123. The monoisotopic (exact) mass is 480 g/mol. The van der Waals surface area contributed by atoms with Crippen LogP contribution in [0, 0.1) is 5.92 Å². The average molecular weight is 481 g/mol. The Morgan fingerprint density at radius 3 is 2.39 bits per heavy atom. The number of cyclic esters (lactones) is 1. The lowest BCUT2D eigenvalue weighted by atomic mass is 9.92. The molecule has 0 saturated carbocycles. The molecule has 0 spiro atoms. The van der Waals surface area contributed by atoms with Crippen molar-refractivity contribution in [2.75, 3.05) is 24.5 Å². The average Bonchev–Trinajstić information content (AvgIpc) is 3.37. The number of ether oxygens (including phenoxy) is 1. The first-order chi connectivity index (χ1) is 17.6. The van der Waals surface area contributed by atoms with Gasteiger partial charge in [-0.25, -0.2) is 4.79 Å². The van der Waals surface area contributed by atoms with E-state index >= 15 is 0 Å². The number of hydrogen-bond acceptors (Lipinski definition) is 4. The molecular weight excluding hydrogens is 452 g/mol. The van der Waals surface area contributed by atoms with Gasteiger partial charge in [0.2, 0.25) is 5.91 Å². The van der Waals surface area contributed by atoms with Crippen molar-refractivity contribution in [2.45, 2.75) is 31.8 Å². The summed E-state index contributed by atoms with van der Waals surface area (Å²) in [4.78, 5) is 42.9. The van der Waals surface area contributed by atoms with E-state index < -0.39 is 0 Å². The van der Waals surface area contributed by atoms with Crippen LogP contribution in [0.1, 0.15) is 56.4 Å². The van der Waals surface area contributed by atoms with Crippen LogP contribution >= 0.6 is 0 Å². The number of rotatable bonds is 3. The molecule has 2 amide bonds. The van der Waals surface area contributed by atoms with Crippen LogP contribution in [0.2, 0.25) is 0 Å². The minimum Gasteiger partial charge on any atom is -0.454 e. The molecule has 1 fully saturated rings. The lowest BCUT2D eigenvalue weighted by Crippen LogP contribution is -2.44. The zero-order chi connectivity index (χ0) is 24.6. The number of para-hydroxylation sites is 1. The summed E-state index contributed by atoms with van der Waals surface area (Å²) in [6.45, 7) is 1.84. The minimum absolute atomic E-state index is 0.0505. The minimum atomic E-state index is -0.355. The molecule has 3 aromatic carbocycles. The highest BCUT2D eigenvalue weighted by Crippen LogP contribution is 2.33. The fourth-order valence-electron chi connectivity index (χ4n) is 5.68. The fourth-order valence-corrected chi connectivity index (χ4v) is 5.68. The SMILES string of the molecule is O=C1OC(c2ccccc2)Cc2cc(C(=O)N3CCC(C(=O)N4CCc5ccccc54)CC3)ccc21. The van der Waals surface area contributed by atoms with Gasteiger partial charge < -0.3 is 14.5 Å². The lowest BCUT2D eigenvalue weighted by Gasteiger charge is -2.33. The molecule has 3 aliphatic rings. The number of likely N-dealkylation sites (tertiary alicyclic amines) is 1. The van der Waals surface area contributed by atoms with Crippen molar-refractivity contribution in [2.24, 2.45) is 5.92 Å². The van der Waals surface area contributed by atoms with Crippen molar-refractivity contribution in [1.82, 2.24) is 4.90 Å². The number of carbonyl (C=O) groups is 3. The molecule has 1 unspecified atom stereocenters. The van der Waals surface area contributed by atoms with E-state index in [1.807, 2.05) is 64.4 Å². The molecule has 0 radical (unpaired) electrons. The molecule has 6 nitrogen and oxygen atoms in total. The van der Waals surface area contributed by atoms with E-state index in [4.69, 9.17) is 4.74 Å². The topological polar surface area (TPSA) is 66.9 Å². The Morgan fingerprint density at radius 2 is 1.58 bits per heavy atom. The van der Waals surface area contributed by atoms with Crippen LogP contribution in [-0.4, -0.2) is 42.3 Å². The van der Waals surface area contributed by atoms with Crippen LogP contribution in [-0.2, 0) is 22.4 Å². The number of esters is 1. The predicted molar refractivity (Wildman–Crippen MR) is 136 cm³/mol. The van der Waals surface area contributed by atoms with E-state index in [1.165, 1.54) is 5.56 Å². The molecule has 36 heavy (non-hydrogen) atoms. The third-order valence-corrected chi connectivity index (χ3v) is 7.68. The van der Waals surface area contributed by atoms with E-state index in [1.54, 1.807) is 12.1 Å². The van der Waals surface area contributed by atoms with Gasteiger partial charge in [0.05, 0.1) is 5.56 Å². The Bertz CT molecular complexity index is 1330. The number of amides is 2. The highest BCUT2D eigenvalue weighted by atomic mass is 16.5. The van der Waals surface area contributed by atoms with Gasteiger partial charge in [0, 0.05) is 43.2 Å². The molecule has 182 valence electrons. The number of piperidine rings is 1. The molecule has 6 heteroatoms. The molecular formula is C30H28N2O4. The van der Waals surface area contributed by atoms with E-state index in [0.29, 0.717) is 43.5 Å². The summed E-state index contributed by atoms with van der Waals surface area (Å²) in [5.74, 6) is -0.297. The highest BCUT2D eigenvalue weighted by Gasteiger charge is 2.34. The van der Waals surface area contributed by atoms with Crippen LogP contribution in [0.3, 0.4) is 0 Å². The van der Waals surface area contributed by atoms with Gasteiger partial charge in [0.1, 0.15) is 6.10 Å². The molecule has 0 N–H and O–H groups in total. The number of anilines is 1. The smallest absolute Gasteiger partial charge is 0.339 e. The summed E-state index contributed by atoms with van der Waals surface area (Å²) in [7, 11) is 0. The van der Waals surface area contributed by atoms with Crippen molar-refractivity contribution >= 4 is 23.5 Å². The van der Waals surface area contributed by atoms with Crippen LogP contribution in [0.15, 0.2) is 72.8 Å². The molecule has 3 aromatic rings. The summed E-state index contributed by atoms with van der Waals surface area (Å²) in [5, 5.41) is 0. The Labute approximate surface area is 210 Å². The molecule has 0 bridgehead atoms. The van der Waals surface area contributed by atoms with Crippen molar-refractivity contribution < 1.29 is 19.1 Å². The molecule has 1 saturated heterocycles. The number of nitrogens with zero attached hydrogens (tertiary/aromatic N) is 2. The second-order valence-corrected chi connectivity index (χ2v) is 9.82. The number of hydrogen-bond donors (Lipinski definition) is 0. The standard InChI is InChI=1S/C30H28N2O4/c33-28(23-10-11-25-24(18-23)19-27(36-30(25)35)21-7-2-1-3-8-21)31-15-12-22(13-16-31)29(34)32-17-14-20-6-4-5-9-26(20)32/h1-11,18,22,27H,12-17,19H2. The molecule has 3 aliphatic heterocycles. The summed E-state index contributed by atoms with van der Waals surface area (Å²) in [5.41, 5.74) is 5.14. The van der Waals surface area contributed by atoms with Gasteiger partial charge in [-0.1, -0.05) is 48.5 Å². The maximum absolute atomic E-state index is 13.3. The van der Waals surface area contributed by atoms with Gasteiger partial charge in [-0.3, -0.25) is 9.59 Å². The zero-order valence-electron chi connectivity index (χ0n) is 20.1. The fraction of sp³-hybridized carbons (Fsp3) is 0.300. The van der Waals surface area contributed by atoms with Gasteiger partial charge in [-0.2, -0.15) is 0 Å². The van der Waals surface area contributed by atoms with E-state index in [-0.39, 0.29) is 29.8 Å². The summed E-state index contributed by atoms with van der Waals surface area (Å²) >= 11 is 0. The second-order valence-electron chi connectivity index (χ2n) is 9.82. The number of carbonyl (C=O) groups excluding carboxylic acids is 3. The van der Waals surface area contributed by atoms with E-state index in [2.05, 4.69) is 6.07 Å². The summed E-state index contributed by atoms with van der Waals surface area (Å²) < 4.78 is 5.64. The first-order valence-electron chi connectivity index (χ1n) is 12.7. The van der Waals surface area contributed by atoms with Crippen molar-refractivity contribution in [3.05, 3.63) is 101 Å². The Hall–Kier alpha value is -3.93. The van der Waals surface area contributed by atoms with Gasteiger partial charge in [0.25, 0.3) is 5.91 Å². The summed E-state index contributed by atoms with van der Waals surface area (Å²) in [6, 6.07) is 23.0. The first kappa shape index (κ1) is 22.5. The van der Waals surface area contributed by atoms with E-state index in [9.17, 15) is 14.4 Å². The van der Waals surface area contributed by atoms with Gasteiger partial charge in [-0.15, -0.1) is 0 Å². The van der Waals surface area contributed by atoms with Gasteiger partial charge >= 0.3 is 5.97 Å². The largest absolute Gasteiger partial charge is 0.454 e. The number of fused-ring (bicyclic) bond motifs is 2. The molecule has 0 aliphatic carbocycles. The first-order valence-corrected chi connectivity index (χ1v) is 12.7. The molecule has 1 atom stereocenters. The van der Waals surface area contributed by atoms with Crippen LogP contribution < -0.4 is 4.90 Å². The maximum Gasteiger partial charge on any atom is 0.339 e. The molecule has 0 aromatic heterocycles. The van der Waals surface area contributed by atoms with E-state index in [0.717, 1.165) is 29.8 Å². The van der Waals surface area contributed by atoms with Crippen LogP contribution in [0.5, 0.6) is 0 Å². The Kier molecular flexibility index (Phi) is 5.80. The van der Waals surface area contributed by atoms with Crippen LogP contribution in [0.4, 0.5) is 5.69 Å². The van der Waals surface area contributed by atoms with Crippen molar-refractivity contribution in [3.8, 4) is 0 Å². The summed E-state index contributed by atoms with van der Waals surface area (Å²) in [6.07, 6.45) is 2.41. The number of benzene rings is 3. The van der Waals surface area contributed by atoms with Gasteiger partial charge in [0.15, 0.2) is 0 Å². The molecule has 6 rings (SSSR count). The highest BCUT2D eigenvalue weighted by molar-refractivity contribution is 5.99. The third-order valence-electron chi connectivity index (χ3n) is 7.68. The van der Waals surface area contributed by atoms with Crippen LogP contribution in [0.25, 0.3) is 0 Å². The second kappa shape index (κ2) is 9.26. The molecule has 3 heterocycles. The Balaban J connectivity index is 1.12. The Morgan fingerprint density at radius 1 is 0.833 bits per heavy atom. The third kappa shape index (κ3) is 4.06.